The molecule has 1 heterocycles. The molecule has 0 aliphatic carbocycles. The van der Waals surface area contributed by atoms with E-state index in [1.165, 1.54) is 12.2 Å². The van der Waals surface area contributed by atoms with E-state index in [-0.39, 0.29) is 24.3 Å². The fraction of sp³-hybridized carbons (Fsp3) is 0.364. The molecule has 1 amide bonds. The van der Waals surface area contributed by atoms with Crippen molar-refractivity contribution in [3.8, 4) is 0 Å². The number of para-hydroxylation sites is 1. The van der Waals surface area contributed by atoms with E-state index in [0.717, 1.165) is 22.6 Å². The fourth-order valence-corrected chi connectivity index (χ4v) is 2.75. The number of furan rings is 1. The van der Waals surface area contributed by atoms with Gasteiger partial charge in [-0.15, -0.1) is 0 Å². The zero-order valence-electron chi connectivity index (χ0n) is 16.5. The molecule has 2 rings (SSSR count). The van der Waals surface area contributed by atoms with E-state index in [9.17, 15) is 9.59 Å². The van der Waals surface area contributed by atoms with Crippen LogP contribution in [0, 0.1) is 6.92 Å². The molecule has 0 aliphatic heterocycles. The summed E-state index contributed by atoms with van der Waals surface area (Å²) in [5.41, 5.74) is 2.94. The quantitative estimate of drug-likeness (QED) is 0.549. The number of esters is 1. The number of nitrogens with one attached hydrogen (secondary N) is 1. The van der Waals surface area contributed by atoms with Crippen LogP contribution in [0.3, 0.4) is 0 Å². The molecule has 0 spiro atoms. The maximum absolute atomic E-state index is 12.3. The van der Waals surface area contributed by atoms with Gasteiger partial charge >= 0.3 is 5.97 Å². The van der Waals surface area contributed by atoms with Crippen molar-refractivity contribution in [2.75, 3.05) is 11.9 Å². The molecular formula is C22H27NO4. The van der Waals surface area contributed by atoms with Crippen molar-refractivity contribution in [1.29, 1.82) is 0 Å². The second-order valence-corrected chi connectivity index (χ2v) is 7.06. The normalized spacial score (nSPS) is 11.4. The van der Waals surface area contributed by atoms with Crippen molar-refractivity contribution in [3.05, 3.63) is 59.1 Å². The first-order chi connectivity index (χ1) is 12.8. The fourth-order valence-electron chi connectivity index (χ4n) is 2.75. The Morgan fingerprint density at radius 3 is 2.22 bits per heavy atom. The Morgan fingerprint density at radius 1 is 1.07 bits per heavy atom. The average molecular weight is 369 g/mol. The van der Waals surface area contributed by atoms with Crippen LogP contribution in [0.5, 0.6) is 0 Å². The van der Waals surface area contributed by atoms with Crippen LogP contribution in [0.25, 0.3) is 6.08 Å². The second kappa shape index (κ2) is 9.21. The van der Waals surface area contributed by atoms with E-state index < -0.39 is 5.97 Å². The Labute approximate surface area is 160 Å². The summed E-state index contributed by atoms with van der Waals surface area (Å²) in [5.74, 6) is 0.886. The topological polar surface area (TPSA) is 68.5 Å². The van der Waals surface area contributed by atoms with E-state index in [1.54, 1.807) is 12.1 Å². The number of carbonyl (C=O) groups is 2. The zero-order chi connectivity index (χ0) is 20.0. The van der Waals surface area contributed by atoms with E-state index in [0.29, 0.717) is 5.76 Å². The van der Waals surface area contributed by atoms with E-state index >= 15 is 0 Å². The van der Waals surface area contributed by atoms with Crippen LogP contribution < -0.4 is 5.32 Å². The maximum atomic E-state index is 12.3. The molecule has 0 radical (unpaired) electrons. The minimum absolute atomic E-state index is 0.265. The maximum Gasteiger partial charge on any atom is 0.331 e. The van der Waals surface area contributed by atoms with Gasteiger partial charge in [0.05, 0.1) is 0 Å². The number of benzene rings is 1. The molecule has 5 nitrogen and oxygen atoms in total. The van der Waals surface area contributed by atoms with Gasteiger partial charge in [-0.05, 0) is 48.1 Å². The zero-order valence-corrected chi connectivity index (χ0v) is 16.5. The molecule has 1 aromatic heterocycles. The first kappa shape index (κ1) is 20.5. The Kier molecular flexibility index (Phi) is 6.99. The van der Waals surface area contributed by atoms with Crippen molar-refractivity contribution in [1.82, 2.24) is 0 Å². The minimum Gasteiger partial charge on any atom is -0.462 e. The van der Waals surface area contributed by atoms with Crippen LogP contribution in [-0.2, 0) is 14.3 Å². The third kappa shape index (κ3) is 5.84. The molecule has 27 heavy (non-hydrogen) atoms. The van der Waals surface area contributed by atoms with Crippen LogP contribution in [0.15, 0.2) is 40.8 Å². The summed E-state index contributed by atoms with van der Waals surface area (Å²) < 4.78 is 10.4. The largest absolute Gasteiger partial charge is 0.462 e. The third-order valence-electron chi connectivity index (χ3n) is 4.13. The Bertz CT molecular complexity index is 804. The Balaban J connectivity index is 1.99. The standard InChI is InChI=1S/C22H27NO4/c1-14(2)18-7-6-8-19(15(3)4)22(18)23-20(24)13-26-21(25)12-11-17-10-9-16(5)27-17/h6-12,14-15H,13H2,1-5H3,(H,23,24)/b12-11+. The summed E-state index contributed by atoms with van der Waals surface area (Å²) in [7, 11) is 0. The van der Waals surface area contributed by atoms with Gasteiger partial charge in [-0.3, -0.25) is 4.79 Å². The third-order valence-corrected chi connectivity index (χ3v) is 4.13. The highest BCUT2D eigenvalue weighted by Gasteiger charge is 2.16. The first-order valence-electron chi connectivity index (χ1n) is 9.11. The van der Waals surface area contributed by atoms with Crippen molar-refractivity contribution < 1.29 is 18.7 Å². The molecule has 1 N–H and O–H groups in total. The Morgan fingerprint density at radius 2 is 1.70 bits per heavy atom. The van der Waals surface area contributed by atoms with E-state index in [4.69, 9.17) is 9.15 Å². The highest BCUT2D eigenvalue weighted by molar-refractivity contribution is 5.95. The summed E-state index contributed by atoms with van der Waals surface area (Å²) in [6, 6.07) is 9.57. The van der Waals surface area contributed by atoms with Gasteiger partial charge in [-0.1, -0.05) is 45.9 Å². The summed E-state index contributed by atoms with van der Waals surface area (Å²) in [5, 5.41) is 2.92. The number of carbonyl (C=O) groups excluding carboxylic acids is 2. The molecule has 5 heteroatoms. The highest BCUT2D eigenvalue weighted by atomic mass is 16.5. The SMILES string of the molecule is Cc1ccc(/C=C/C(=O)OCC(=O)Nc2c(C(C)C)cccc2C(C)C)o1. The monoisotopic (exact) mass is 369 g/mol. The first-order valence-corrected chi connectivity index (χ1v) is 9.11. The number of amides is 1. The number of hydrogen-bond acceptors (Lipinski definition) is 4. The van der Waals surface area contributed by atoms with Gasteiger partial charge in [0.2, 0.25) is 0 Å². The average Bonchev–Trinajstić information content (AvgIpc) is 3.03. The summed E-state index contributed by atoms with van der Waals surface area (Å²) in [4.78, 5) is 24.1. The van der Waals surface area contributed by atoms with Gasteiger partial charge in [-0.25, -0.2) is 4.79 Å². The van der Waals surface area contributed by atoms with Crippen LogP contribution >= 0.6 is 0 Å². The highest BCUT2D eigenvalue weighted by Crippen LogP contribution is 2.32. The summed E-state index contributed by atoms with van der Waals surface area (Å²) >= 11 is 0. The summed E-state index contributed by atoms with van der Waals surface area (Å²) in [6.07, 6.45) is 2.76. The van der Waals surface area contributed by atoms with Gasteiger partial charge in [-0.2, -0.15) is 0 Å². The predicted octanol–water partition coefficient (Wildman–Crippen LogP) is 5.03. The van der Waals surface area contributed by atoms with Crippen LogP contribution in [-0.4, -0.2) is 18.5 Å². The lowest BCUT2D eigenvalue weighted by atomic mass is 9.92. The molecule has 1 aromatic carbocycles. The number of hydrogen-bond donors (Lipinski definition) is 1. The molecule has 0 unspecified atom stereocenters. The lowest BCUT2D eigenvalue weighted by molar-refractivity contribution is -0.142. The molecule has 0 atom stereocenters. The van der Waals surface area contributed by atoms with Crippen molar-refractivity contribution in [2.45, 2.75) is 46.5 Å². The molecule has 0 saturated carbocycles. The van der Waals surface area contributed by atoms with E-state index in [1.807, 2.05) is 25.1 Å². The second-order valence-electron chi connectivity index (χ2n) is 7.06. The molecular weight excluding hydrogens is 342 g/mol. The molecule has 0 aliphatic rings. The summed E-state index contributed by atoms with van der Waals surface area (Å²) in [6.45, 7) is 9.80. The van der Waals surface area contributed by atoms with Crippen LogP contribution in [0.2, 0.25) is 0 Å². The molecule has 2 aromatic rings. The lowest BCUT2D eigenvalue weighted by Crippen LogP contribution is -2.22. The molecule has 0 fully saturated rings. The van der Waals surface area contributed by atoms with Gasteiger partial charge in [0, 0.05) is 11.8 Å². The van der Waals surface area contributed by atoms with Crippen LogP contribution in [0.4, 0.5) is 5.69 Å². The molecule has 0 saturated heterocycles. The van der Waals surface area contributed by atoms with Crippen molar-refractivity contribution >= 4 is 23.6 Å². The number of rotatable bonds is 7. The van der Waals surface area contributed by atoms with Crippen molar-refractivity contribution in [2.24, 2.45) is 0 Å². The lowest BCUT2D eigenvalue weighted by Gasteiger charge is -2.20. The van der Waals surface area contributed by atoms with Gasteiger partial charge < -0.3 is 14.5 Å². The van der Waals surface area contributed by atoms with E-state index in [2.05, 4.69) is 33.0 Å². The molecule has 144 valence electrons. The molecule has 0 bridgehead atoms. The number of anilines is 1. The smallest absolute Gasteiger partial charge is 0.331 e. The number of ether oxygens (including phenoxy) is 1. The number of aryl methyl sites for hydroxylation is 1. The minimum atomic E-state index is -0.597. The van der Waals surface area contributed by atoms with Gasteiger partial charge in [0.15, 0.2) is 6.61 Å². The van der Waals surface area contributed by atoms with Crippen molar-refractivity contribution in [3.63, 3.8) is 0 Å². The van der Waals surface area contributed by atoms with Crippen LogP contribution in [0.1, 0.15) is 62.2 Å². The van der Waals surface area contributed by atoms with Gasteiger partial charge in [0.25, 0.3) is 5.91 Å². The predicted molar refractivity (Wildman–Crippen MR) is 107 cm³/mol. The Hall–Kier alpha value is -2.82. The van der Waals surface area contributed by atoms with Gasteiger partial charge in [0.1, 0.15) is 11.5 Å².